The lowest BCUT2D eigenvalue weighted by Gasteiger charge is -2.21. The Balaban J connectivity index is 2.46. The van der Waals surface area contributed by atoms with Crippen LogP contribution in [0.15, 0.2) is 28.7 Å². The molecule has 1 nitrogen and oxygen atoms in total. The number of thiophene rings is 1. The summed E-state index contributed by atoms with van der Waals surface area (Å²) >= 11 is 5.60. The molecule has 1 heterocycles. The van der Waals surface area contributed by atoms with Crippen molar-refractivity contribution in [2.45, 2.75) is 40.2 Å². The molecule has 0 fully saturated rings. The molecule has 1 atom stereocenters. The van der Waals surface area contributed by atoms with Crippen LogP contribution in [0.25, 0.3) is 0 Å². The van der Waals surface area contributed by atoms with Crippen LogP contribution in [-0.4, -0.2) is 6.54 Å². The van der Waals surface area contributed by atoms with Gasteiger partial charge in [-0.2, -0.15) is 0 Å². The van der Waals surface area contributed by atoms with Crippen molar-refractivity contribution in [1.29, 1.82) is 0 Å². The first-order valence-electron chi connectivity index (χ1n) is 7.09. The average Bonchev–Trinajstić information content (AvgIpc) is 2.73. The normalized spacial score (nSPS) is 12.7. The van der Waals surface area contributed by atoms with Gasteiger partial charge in [-0.25, -0.2) is 0 Å². The molecule has 1 aromatic carbocycles. The zero-order valence-corrected chi connectivity index (χ0v) is 15.0. The van der Waals surface area contributed by atoms with Gasteiger partial charge in [0.1, 0.15) is 0 Å². The van der Waals surface area contributed by atoms with E-state index in [1.54, 1.807) is 0 Å². The lowest BCUT2D eigenvalue weighted by molar-refractivity contribution is 0.596. The summed E-state index contributed by atoms with van der Waals surface area (Å²) < 4.78 is 1.18. The largest absolute Gasteiger partial charge is 0.306 e. The van der Waals surface area contributed by atoms with Crippen LogP contribution in [-0.2, 0) is 0 Å². The lowest BCUT2D eigenvalue weighted by atomic mass is 9.97. The van der Waals surface area contributed by atoms with Gasteiger partial charge in [-0.3, -0.25) is 0 Å². The molecule has 3 heteroatoms. The van der Waals surface area contributed by atoms with Gasteiger partial charge in [0, 0.05) is 14.2 Å². The van der Waals surface area contributed by atoms with E-state index in [2.05, 4.69) is 73.2 Å². The Morgan fingerprint density at radius 3 is 2.50 bits per heavy atom. The molecular formula is C17H22BrNS. The van der Waals surface area contributed by atoms with Gasteiger partial charge in [-0.15, -0.1) is 11.3 Å². The maximum Gasteiger partial charge on any atom is 0.0598 e. The van der Waals surface area contributed by atoms with Gasteiger partial charge in [0.2, 0.25) is 0 Å². The summed E-state index contributed by atoms with van der Waals surface area (Å²) in [4.78, 5) is 2.79. The molecule has 0 aliphatic carbocycles. The monoisotopic (exact) mass is 351 g/mol. The van der Waals surface area contributed by atoms with E-state index in [0.29, 0.717) is 0 Å². The molecule has 20 heavy (non-hydrogen) atoms. The van der Waals surface area contributed by atoms with Gasteiger partial charge < -0.3 is 5.32 Å². The number of hydrogen-bond donors (Lipinski definition) is 1. The molecule has 1 aromatic heterocycles. The smallest absolute Gasteiger partial charge is 0.0598 e. The van der Waals surface area contributed by atoms with Crippen molar-refractivity contribution in [3.8, 4) is 0 Å². The van der Waals surface area contributed by atoms with Crippen molar-refractivity contribution in [1.82, 2.24) is 5.32 Å². The van der Waals surface area contributed by atoms with E-state index < -0.39 is 0 Å². The van der Waals surface area contributed by atoms with Gasteiger partial charge in [-0.1, -0.05) is 40.5 Å². The second-order valence-corrected chi connectivity index (χ2v) is 7.60. The van der Waals surface area contributed by atoms with Gasteiger partial charge in [0.15, 0.2) is 0 Å². The van der Waals surface area contributed by atoms with E-state index in [1.807, 2.05) is 11.3 Å². The van der Waals surface area contributed by atoms with E-state index in [9.17, 15) is 0 Å². The second kappa shape index (κ2) is 6.88. The third kappa shape index (κ3) is 3.51. The quantitative estimate of drug-likeness (QED) is 0.747. The summed E-state index contributed by atoms with van der Waals surface area (Å²) in [6.45, 7) is 9.79. The first-order chi connectivity index (χ1) is 9.52. The average molecular weight is 352 g/mol. The van der Waals surface area contributed by atoms with Crippen molar-refractivity contribution >= 4 is 27.3 Å². The molecule has 108 valence electrons. The lowest BCUT2D eigenvalue weighted by Crippen LogP contribution is -2.23. The molecule has 0 aliphatic rings. The van der Waals surface area contributed by atoms with Crippen LogP contribution < -0.4 is 5.32 Å². The van der Waals surface area contributed by atoms with E-state index in [-0.39, 0.29) is 6.04 Å². The van der Waals surface area contributed by atoms with E-state index in [4.69, 9.17) is 0 Å². The molecule has 2 rings (SSSR count). The molecule has 0 saturated carbocycles. The van der Waals surface area contributed by atoms with Crippen LogP contribution in [0, 0.1) is 20.8 Å². The van der Waals surface area contributed by atoms with Crippen molar-refractivity contribution in [3.05, 3.63) is 55.2 Å². The fourth-order valence-corrected chi connectivity index (χ4v) is 3.94. The number of aryl methyl sites for hydroxylation is 3. The van der Waals surface area contributed by atoms with Crippen molar-refractivity contribution in [3.63, 3.8) is 0 Å². The molecule has 0 radical (unpaired) electrons. The van der Waals surface area contributed by atoms with Crippen LogP contribution in [0.1, 0.15) is 45.8 Å². The van der Waals surface area contributed by atoms with Crippen LogP contribution in [0.5, 0.6) is 0 Å². The number of nitrogens with one attached hydrogen (secondary N) is 1. The molecule has 0 spiro atoms. The number of halogens is 1. The van der Waals surface area contributed by atoms with Crippen LogP contribution in [0.2, 0.25) is 0 Å². The highest BCUT2D eigenvalue weighted by Gasteiger charge is 2.19. The Morgan fingerprint density at radius 2 is 1.90 bits per heavy atom. The van der Waals surface area contributed by atoms with E-state index >= 15 is 0 Å². The first-order valence-corrected chi connectivity index (χ1v) is 8.70. The maximum absolute atomic E-state index is 3.72. The van der Waals surface area contributed by atoms with Gasteiger partial charge in [-0.05, 0) is 57.0 Å². The highest BCUT2D eigenvalue weighted by Crippen LogP contribution is 2.34. The standard InChI is InChI=1S/C17H22BrNS/c1-5-8-19-17(14-10-12(3)20-13(14)4)15-9-11(2)6-7-16(15)18/h6-7,9-10,17,19H,5,8H2,1-4H3. The van der Waals surface area contributed by atoms with E-state index in [0.717, 1.165) is 13.0 Å². The molecule has 0 bridgehead atoms. The summed E-state index contributed by atoms with van der Waals surface area (Å²) in [5.74, 6) is 0. The summed E-state index contributed by atoms with van der Waals surface area (Å²) in [5, 5.41) is 3.70. The number of benzene rings is 1. The minimum absolute atomic E-state index is 0.272. The van der Waals surface area contributed by atoms with Crippen molar-refractivity contribution < 1.29 is 0 Å². The minimum Gasteiger partial charge on any atom is -0.306 e. The molecule has 2 aromatic rings. The molecule has 0 aliphatic heterocycles. The van der Waals surface area contributed by atoms with Gasteiger partial charge >= 0.3 is 0 Å². The zero-order chi connectivity index (χ0) is 14.7. The highest BCUT2D eigenvalue weighted by molar-refractivity contribution is 9.10. The maximum atomic E-state index is 3.72. The van der Waals surface area contributed by atoms with Crippen LogP contribution >= 0.6 is 27.3 Å². The summed E-state index contributed by atoms with van der Waals surface area (Å²) in [5.41, 5.74) is 4.04. The third-order valence-electron chi connectivity index (χ3n) is 3.45. The van der Waals surface area contributed by atoms with Crippen molar-refractivity contribution in [2.24, 2.45) is 0 Å². The topological polar surface area (TPSA) is 12.0 Å². The Bertz CT molecular complexity index is 589. The molecule has 0 amide bonds. The SMILES string of the molecule is CCCNC(c1cc(C)ccc1Br)c1cc(C)sc1C. The van der Waals surface area contributed by atoms with Crippen LogP contribution in [0.3, 0.4) is 0 Å². The van der Waals surface area contributed by atoms with E-state index in [1.165, 1.54) is 30.9 Å². The predicted molar refractivity (Wildman–Crippen MR) is 92.8 cm³/mol. The summed E-state index contributed by atoms with van der Waals surface area (Å²) in [6.07, 6.45) is 1.14. The number of hydrogen-bond acceptors (Lipinski definition) is 2. The first kappa shape index (κ1) is 15.7. The Hall–Kier alpha value is -0.640. The summed E-state index contributed by atoms with van der Waals surface area (Å²) in [6, 6.07) is 9.18. The Morgan fingerprint density at radius 1 is 1.15 bits per heavy atom. The van der Waals surface area contributed by atoms with Gasteiger partial charge in [0.25, 0.3) is 0 Å². The van der Waals surface area contributed by atoms with Gasteiger partial charge in [0.05, 0.1) is 6.04 Å². The summed E-state index contributed by atoms with van der Waals surface area (Å²) in [7, 11) is 0. The van der Waals surface area contributed by atoms with Crippen molar-refractivity contribution in [2.75, 3.05) is 6.54 Å². The Labute approximate surface area is 134 Å². The predicted octanol–water partition coefficient (Wildman–Crippen LogP) is 5.52. The van der Waals surface area contributed by atoms with Crippen LogP contribution in [0.4, 0.5) is 0 Å². The zero-order valence-electron chi connectivity index (χ0n) is 12.6. The highest BCUT2D eigenvalue weighted by atomic mass is 79.9. The molecule has 1 N–H and O–H groups in total. The minimum atomic E-state index is 0.272. The number of rotatable bonds is 5. The molecule has 1 unspecified atom stereocenters. The fraction of sp³-hybridized carbons (Fsp3) is 0.412. The fourth-order valence-electron chi connectivity index (χ4n) is 2.50. The Kier molecular flexibility index (Phi) is 5.42. The molecule has 0 saturated heterocycles. The third-order valence-corrected chi connectivity index (χ3v) is 5.16. The second-order valence-electron chi connectivity index (χ2n) is 5.28. The molecular weight excluding hydrogens is 330 g/mol.